The molecule has 0 aliphatic heterocycles. The fourth-order valence-corrected chi connectivity index (χ4v) is 2.89. The Morgan fingerprint density at radius 3 is 2.44 bits per heavy atom. The Bertz CT molecular complexity index is 563. The van der Waals surface area contributed by atoms with Gasteiger partial charge in [-0.15, -0.1) is 11.3 Å². The molecule has 98 valence electrons. The molecule has 0 aromatic carbocycles. The van der Waals surface area contributed by atoms with Crippen molar-refractivity contribution in [1.29, 1.82) is 0 Å². The Labute approximate surface area is 120 Å². The first-order valence-corrected chi connectivity index (χ1v) is 7.60. The van der Waals surface area contributed by atoms with Gasteiger partial charge in [-0.25, -0.2) is 4.98 Å². The van der Waals surface area contributed by atoms with Gasteiger partial charge in [0.2, 0.25) is 0 Å². The lowest BCUT2D eigenvalue weighted by Crippen LogP contribution is -2.11. The van der Waals surface area contributed by atoms with E-state index in [0.717, 1.165) is 28.1 Å². The second-order valence-corrected chi connectivity index (χ2v) is 7.19. The first kappa shape index (κ1) is 13.7. The summed E-state index contributed by atoms with van der Waals surface area (Å²) >= 11 is 5.28. The third-order valence-corrected chi connectivity index (χ3v) is 5.26. The summed E-state index contributed by atoms with van der Waals surface area (Å²) in [6.07, 6.45) is 0. The average Bonchev–Trinajstić information content (AvgIpc) is 2.81. The molecule has 0 amide bonds. The van der Waals surface area contributed by atoms with Gasteiger partial charge in [-0.1, -0.05) is 20.8 Å². The number of thiazole rings is 1. The molecule has 2 aromatic heterocycles. The maximum atomic E-state index is 4.70. The Kier molecular flexibility index (Phi) is 3.65. The van der Waals surface area contributed by atoms with E-state index in [1.165, 1.54) is 5.01 Å². The van der Waals surface area contributed by atoms with E-state index in [0.29, 0.717) is 0 Å². The third kappa shape index (κ3) is 2.67. The third-order valence-electron chi connectivity index (χ3n) is 2.80. The molecule has 0 atom stereocenters. The molecule has 0 saturated carbocycles. The van der Waals surface area contributed by atoms with Crippen LogP contribution < -0.4 is 0 Å². The first-order chi connectivity index (χ1) is 8.29. The van der Waals surface area contributed by atoms with E-state index in [2.05, 4.69) is 54.1 Å². The van der Waals surface area contributed by atoms with Crippen LogP contribution >= 0.6 is 27.3 Å². The summed E-state index contributed by atoms with van der Waals surface area (Å²) in [5.74, 6) is 0. The van der Waals surface area contributed by atoms with Crippen molar-refractivity contribution in [3.05, 3.63) is 31.9 Å². The maximum Gasteiger partial charge on any atom is 0.0982 e. The monoisotopic (exact) mass is 327 g/mol. The molecule has 0 spiro atoms. The van der Waals surface area contributed by atoms with Gasteiger partial charge in [0.1, 0.15) is 0 Å². The fraction of sp³-hybridized carbons (Fsp3) is 0.538. The van der Waals surface area contributed by atoms with Crippen LogP contribution in [0.2, 0.25) is 0 Å². The van der Waals surface area contributed by atoms with Crippen LogP contribution in [0.4, 0.5) is 0 Å². The van der Waals surface area contributed by atoms with E-state index in [9.17, 15) is 0 Å². The summed E-state index contributed by atoms with van der Waals surface area (Å²) in [5, 5.41) is 7.82. The van der Waals surface area contributed by atoms with Crippen molar-refractivity contribution >= 4 is 27.3 Å². The molecule has 5 heteroatoms. The average molecular weight is 328 g/mol. The smallest absolute Gasteiger partial charge is 0.0982 e. The fourth-order valence-electron chi connectivity index (χ4n) is 1.71. The van der Waals surface area contributed by atoms with E-state index in [1.54, 1.807) is 11.3 Å². The Hall–Kier alpha value is -0.680. The van der Waals surface area contributed by atoms with Gasteiger partial charge in [-0.2, -0.15) is 5.10 Å². The Morgan fingerprint density at radius 2 is 2.00 bits per heavy atom. The van der Waals surface area contributed by atoms with Crippen LogP contribution in [0.15, 0.2) is 9.85 Å². The molecule has 2 rings (SSSR count). The second kappa shape index (κ2) is 4.78. The van der Waals surface area contributed by atoms with Crippen molar-refractivity contribution in [3.63, 3.8) is 0 Å². The van der Waals surface area contributed by atoms with E-state index < -0.39 is 0 Å². The van der Waals surface area contributed by atoms with Crippen LogP contribution in [0.25, 0.3) is 0 Å². The van der Waals surface area contributed by atoms with E-state index >= 15 is 0 Å². The molecule has 2 heterocycles. The lowest BCUT2D eigenvalue weighted by molar-refractivity contribution is 0.577. The highest BCUT2D eigenvalue weighted by Gasteiger charge is 2.18. The van der Waals surface area contributed by atoms with Gasteiger partial charge in [0.25, 0.3) is 0 Å². The molecule has 0 aliphatic carbocycles. The van der Waals surface area contributed by atoms with Crippen molar-refractivity contribution in [2.24, 2.45) is 0 Å². The second-order valence-electron chi connectivity index (χ2n) is 5.54. The number of aryl methyl sites for hydroxylation is 1. The van der Waals surface area contributed by atoms with Crippen LogP contribution in [-0.2, 0) is 12.0 Å². The molecule has 0 unspecified atom stereocenters. The van der Waals surface area contributed by atoms with Gasteiger partial charge >= 0.3 is 0 Å². The standard InChI is InChI=1S/C13H18BrN3S/c1-8-11(14)9(2)17(16-8)6-10-7-18-12(15-10)13(3,4)5/h7H,6H2,1-5H3. The van der Waals surface area contributed by atoms with Crippen molar-refractivity contribution in [1.82, 2.24) is 14.8 Å². The Balaban J connectivity index is 2.24. The topological polar surface area (TPSA) is 30.7 Å². The molecule has 0 radical (unpaired) electrons. The van der Waals surface area contributed by atoms with Crippen molar-refractivity contribution in [3.8, 4) is 0 Å². The largest absolute Gasteiger partial charge is 0.262 e. The molecule has 0 N–H and O–H groups in total. The predicted octanol–water partition coefficient (Wildman–Crippen LogP) is 4.06. The number of halogens is 1. The molecule has 0 aliphatic rings. The summed E-state index contributed by atoms with van der Waals surface area (Å²) in [7, 11) is 0. The normalized spacial score (nSPS) is 12.1. The highest BCUT2D eigenvalue weighted by Crippen LogP contribution is 2.26. The SMILES string of the molecule is Cc1nn(Cc2csc(C(C)(C)C)n2)c(C)c1Br. The van der Waals surface area contributed by atoms with Crippen molar-refractivity contribution < 1.29 is 0 Å². The molecule has 0 fully saturated rings. The molecular weight excluding hydrogens is 310 g/mol. The molecular formula is C13H18BrN3S. The summed E-state index contributed by atoms with van der Waals surface area (Å²) < 4.78 is 3.09. The molecule has 3 nitrogen and oxygen atoms in total. The lowest BCUT2D eigenvalue weighted by atomic mass is 9.98. The summed E-state index contributed by atoms with van der Waals surface area (Å²) in [6.45, 7) is 11.4. The number of nitrogens with zero attached hydrogens (tertiary/aromatic N) is 3. The van der Waals surface area contributed by atoms with Crippen LogP contribution in [0.1, 0.15) is 42.9 Å². The minimum absolute atomic E-state index is 0.124. The van der Waals surface area contributed by atoms with Gasteiger partial charge in [0.15, 0.2) is 0 Å². The lowest BCUT2D eigenvalue weighted by Gasteiger charge is -2.13. The zero-order chi connectivity index (χ0) is 13.5. The van der Waals surface area contributed by atoms with Crippen molar-refractivity contribution in [2.75, 3.05) is 0 Å². The van der Waals surface area contributed by atoms with Crippen LogP contribution in [0.3, 0.4) is 0 Å². The molecule has 18 heavy (non-hydrogen) atoms. The van der Waals surface area contributed by atoms with Gasteiger partial charge in [-0.3, -0.25) is 4.68 Å². The molecule has 2 aromatic rings. The zero-order valence-electron chi connectivity index (χ0n) is 11.4. The van der Waals surface area contributed by atoms with Gasteiger partial charge in [0, 0.05) is 10.8 Å². The highest BCUT2D eigenvalue weighted by molar-refractivity contribution is 9.10. The summed E-state index contributed by atoms with van der Waals surface area (Å²) in [4.78, 5) is 4.70. The van der Waals surface area contributed by atoms with Gasteiger partial charge in [-0.05, 0) is 29.8 Å². The number of hydrogen-bond donors (Lipinski definition) is 0. The van der Waals surface area contributed by atoms with Crippen molar-refractivity contribution in [2.45, 2.75) is 46.6 Å². The first-order valence-electron chi connectivity index (χ1n) is 5.93. The van der Waals surface area contributed by atoms with Crippen LogP contribution in [0.5, 0.6) is 0 Å². The van der Waals surface area contributed by atoms with E-state index in [1.807, 2.05) is 11.6 Å². The van der Waals surface area contributed by atoms with E-state index in [-0.39, 0.29) is 5.41 Å². The minimum Gasteiger partial charge on any atom is -0.262 e. The summed E-state index contributed by atoms with van der Waals surface area (Å²) in [6, 6.07) is 0. The minimum atomic E-state index is 0.124. The van der Waals surface area contributed by atoms with Gasteiger partial charge < -0.3 is 0 Å². The van der Waals surface area contributed by atoms with Crippen LogP contribution in [0, 0.1) is 13.8 Å². The molecule has 0 bridgehead atoms. The zero-order valence-corrected chi connectivity index (χ0v) is 13.8. The Morgan fingerprint density at radius 1 is 1.33 bits per heavy atom. The summed E-state index contributed by atoms with van der Waals surface area (Å²) in [5.41, 5.74) is 3.39. The van der Waals surface area contributed by atoms with Crippen LogP contribution in [-0.4, -0.2) is 14.8 Å². The van der Waals surface area contributed by atoms with Gasteiger partial charge in [0.05, 0.1) is 33.1 Å². The quantitative estimate of drug-likeness (QED) is 0.832. The number of aromatic nitrogens is 3. The molecule has 0 saturated heterocycles. The number of rotatable bonds is 2. The van der Waals surface area contributed by atoms with E-state index in [4.69, 9.17) is 4.98 Å². The maximum absolute atomic E-state index is 4.70. The predicted molar refractivity (Wildman–Crippen MR) is 79.3 cm³/mol. The number of hydrogen-bond acceptors (Lipinski definition) is 3. The highest BCUT2D eigenvalue weighted by atomic mass is 79.9.